The van der Waals surface area contributed by atoms with E-state index in [9.17, 15) is 4.79 Å². The molecule has 4 nitrogen and oxygen atoms in total. The third-order valence-corrected chi connectivity index (χ3v) is 4.62. The maximum absolute atomic E-state index is 12.0. The van der Waals surface area contributed by atoms with E-state index in [1.807, 2.05) is 18.2 Å². The first-order valence-electron chi connectivity index (χ1n) is 8.25. The van der Waals surface area contributed by atoms with Gasteiger partial charge < -0.3 is 14.8 Å². The minimum atomic E-state index is 0.00423. The second-order valence-electron chi connectivity index (χ2n) is 5.74. The number of carbonyl (C=O) groups excluding carboxylic acids is 1. The van der Waals surface area contributed by atoms with Crippen LogP contribution in [-0.4, -0.2) is 25.4 Å². The third-order valence-electron chi connectivity index (χ3n) is 3.61. The highest BCUT2D eigenvalue weighted by molar-refractivity contribution is 7.99. The molecule has 0 aromatic heterocycles. The minimum Gasteiger partial charge on any atom is -0.493 e. The molecule has 0 fully saturated rings. The molecule has 0 aliphatic rings. The van der Waals surface area contributed by atoms with Crippen molar-refractivity contribution in [2.45, 2.75) is 19.2 Å². The summed E-state index contributed by atoms with van der Waals surface area (Å²) in [4.78, 5) is 12.0. The molecule has 136 valence electrons. The third kappa shape index (κ3) is 6.38. The van der Waals surface area contributed by atoms with Crippen LogP contribution in [0, 0.1) is 19.3 Å². The first-order valence-corrected chi connectivity index (χ1v) is 9.41. The summed E-state index contributed by atoms with van der Waals surface area (Å²) in [7, 11) is 1.57. The average Bonchev–Trinajstić information content (AvgIpc) is 2.65. The lowest BCUT2D eigenvalue weighted by Gasteiger charge is -2.11. The molecule has 26 heavy (non-hydrogen) atoms. The molecule has 2 aromatic rings. The lowest BCUT2D eigenvalue weighted by Crippen LogP contribution is -2.24. The van der Waals surface area contributed by atoms with Crippen LogP contribution in [0.4, 0.5) is 0 Å². The summed E-state index contributed by atoms with van der Waals surface area (Å²) < 4.78 is 10.7. The number of terminal acetylenes is 1. The van der Waals surface area contributed by atoms with Crippen molar-refractivity contribution in [2.75, 3.05) is 19.5 Å². The highest BCUT2D eigenvalue weighted by atomic mass is 32.2. The van der Waals surface area contributed by atoms with Crippen LogP contribution in [0.2, 0.25) is 0 Å². The van der Waals surface area contributed by atoms with E-state index in [0.717, 1.165) is 11.3 Å². The standard InChI is InChI=1S/C21H23NO3S/c1-4-10-25-20-12-17(8-9-19(20)24-3)13-22-21(23)15-26-14-18-7-5-6-16(2)11-18/h1,5-9,11-12H,10,13-15H2,2-3H3,(H,22,23). The maximum Gasteiger partial charge on any atom is 0.230 e. The molecule has 1 amide bonds. The molecule has 0 bridgehead atoms. The van der Waals surface area contributed by atoms with Gasteiger partial charge in [0, 0.05) is 12.3 Å². The smallest absolute Gasteiger partial charge is 0.230 e. The summed E-state index contributed by atoms with van der Waals surface area (Å²) in [5.41, 5.74) is 3.39. The van der Waals surface area contributed by atoms with Gasteiger partial charge in [-0.15, -0.1) is 18.2 Å². The average molecular weight is 369 g/mol. The van der Waals surface area contributed by atoms with Crippen LogP contribution in [0.1, 0.15) is 16.7 Å². The summed E-state index contributed by atoms with van der Waals surface area (Å²) in [5, 5.41) is 2.92. The van der Waals surface area contributed by atoms with Crippen molar-refractivity contribution in [3.63, 3.8) is 0 Å². The number of hydrogen-bond acceptors (Lipinski definition) is 4. The van der Waals surface area contributed by atoms with Gasteiger partial charge in [0.25, 0.3) is 0 Å². The maximum atomic E-state index is 12.0. The lowest BCUT2D eigenvalue weighted by atomic mass is 10.2. The molecule has 0 atom stereocenters. The Hall–Kier alpha value is -2.58. The largest absolute Gasteiger partial charge is 0.493 e. The van der Waals surface area contributed by atoms with E-state index in [-0.39, 0.29) is 12.5 Å². The van der Waals surface area contributed by atoms with Gasteiger partial charge in [0.05, 0.1) is 12.9 Å². The fourth-order valence-electron chi connectivity index (χ4n) is 2.38. The van der Waals surface area contributed by atoms with Gasteiger partial charge in [-0.05, 0) is 30.2 Å². The van der Waals surface area contributed by atoms with Crippen molar-refractivity contribution in [1.82, 2.24) is 5.32 Å². The number of amides is 1. The predicted molar refractivity (Wildman–Crippen MR) is 107 cm³/mol. The van der Waals surface area contributed by atoms with Gasteiger partial charge in [-0.1, -0.05) is 41.8 Å². The Morgan fingerprint density at radius 2 is 2.04 bits per heavy atom. The molecule has 0 saturated carbocycles. The number of thioether (sulfide) groups is 1. The Morgan fingerprint density at radius 1 is 1.19 bits per heavy atom. The molecular weight excluding hydrogens is 346 g/mol. The summed E-state index contributed by atoms with van der Waals surface area (Å²) >= 11 is 1.60. The van der Waals surface area contributed by atoms with E-state index in [2.05, 4.69) is 36.4 Å². The van der Waals surface area contributed by atoms with Crippen molar-refractivity contribution in [3.8, 4) is 23.8 Å². The van der Waals surface area contributed by atoms with Crippen LogP contribution in [0.25, 0.3) is 0 Å². The zero-order valence-corrected chi connectivity index (χ0v) is 15.9. The van der Waals surface area contributed by atoms with Crippen LogP contribution in [0.3, 0.4) is 0 Å². The molecule has 1 N–H and O–H groups in total. The number of rotatable bonds is 9. The molecule has 0 aliphatic carbocycles. The second kappa shape index (κ2) is 10.4. The number of hydrogen-bond donors (Lipinski definition) is 1. The van der Waals surface area contributed by atoms with Crippen molar-refractivity contribution in [2.24, 2.45) is 0 Å². The number of benzene rings is 2. The van der Waals surface area contributed by atoms with Crippen LogP contribution < -0.4 is 14.8 Å². The van der Waals surface area contributed by atoms with E-state index in [1.54, 1.807) is 24.9 Å². The van der Waals surface area contributed by atoms with Gasteiger partial charge in [0.2, 0.25) is 5.91 Å². The summed E-state index contributed by atoms with van der Waals surface area (Å²) in [6.45, 7) is 2.67. The number of methoxy groups -OCH3 is 1. The first kappa shape index (κ1) is 19.7. The van der Waals surface area contributed by atoms with E-state index in [1.165, 1.54) is 11.1 Å². The van der Waals surface area contributed by atoms with E-state index < -0.39 is 0 Å². The molecule has 0 unspecified atom stereocenters. The Bertz CT molecular complexity index is 783. The van der Waals surface area contributed by atoms with E-state index in [4.69, 9.17) is 15.9 Å². The monoisotopic (exact) mass is 369 g/mol. The number of ether oxygens (including phenoxy) is 2. The van der Waals surface area contributed by atoms with Crippen LogP contribution in [0.5, 0.6) is 11.5 Å². The Labute approximate surface area is 159 Å². The molecule has 0 spiro atoms. The van der Waals surface area contributed by atoms with Crippen LogP contribution >= 0.6 is 11.8 Å². The lowest BCUT2D eigenvalue weighted by molar-refractivity contribution is -0.118. The van der Waals surface area contributed by atoms with Gasteiger partial charge in [0.1, 0.15) is 6.61 Å². The van der Waals surface area contributed by atoms with Gasteiger partial charge in [-0.2, -0.15) is 0 Å². The summed E-state index contributed by atoms with van der Waals surface area (Å²) in [6.07, 6.45) is 5.23. The Kier molecular flexibility index (Phi) is 7.91. The quantitative estimate of drug-likeness (QED) is 0.687. The predicted octanol–water partition coefficient (Wildman–Crippen LogP) is 3.57. The Balaban J connectivity index is 1.80. The summed E-state index contributed by atoms with van der Waals surface area (Å²) in [6, 6.07) is 13.8. The molecule has 0 saturated heterocycles. The first-order chi connectivity index (χ1) is 12.6. The second-order valence-corrected chi connectivity index (χ2v) is 6.72. The molecule has 5 heteroatoms. The molecule has 0 aliphatic heterocycles. The van der Waals surface area contributed by atoms with Crippen LogP contribution in [0.15, 0.2) is 42.5 Å². The highest BCUT2D eigenvalue weighted by Crippen LogP contribution is 2.28. The van der Waals surface area contributed by atoms with Gasteiger partial charge in [-0.3, -0.25) is 4.79 Å². The summed E-state index contributed by atoms with van der Waals surface area (Å²) in [5.74, 6) is 4.86. The highest BCUT2D eigenvalue weighted by Gasteiger charge is 2.07. The molecular formula is C21H23NO3S. The molecule has 2 rings (SSSR count). The van der Waals surface area contributed by atoms with Crippen molar-refractivity contribution >= 4 is 17.7 Å². The van der Waals surface area contributed by atoms with Gasteiger partial charge in [-0.25, -0.2) is 0 Å². The molecule has 0 radical (unpaired) electrons. The number of nitrogens with one attached hydrogen (secondary N) is 1. The number of carbonyl (C=O) groups is 1. The molecule has 2 aromatic carbocycles. The molecule has 0 heterocycles. The van der Waals surface area contributed by atoms with Gasteiger partial charge in [0.15, 0.2) is 11.5 Å². The van der Waals surface area contributed by atoms with E-state index >= 15 is 0 Å². The van der Waals surface area contributed by atoms with Crippen molar-refractivity contribution in [1.29, 1.82) is 0 Å². The van der Waals surface area contributed by atoms with Crippen molar-refractivity contribution < 1.29 is 14.3 Å². The topological polar surface area (TPSA) is 47.6 Å². The zero-order chi connectivity index (χ0) is 18.8. The minimum absolute atomic E-state index is 0.00423. The fourth-order valence-corrected chi connectivity index (χ4v) is 3.18. The van der Waals surface area contributed by atoms with Crippen molar-refractivity contribution in [3.05, 3.63) is 59.2 Å². The van der Waals surface area contributed by atoms with Gasteiger partial charge >= 0.3 is 0 Å². The number of aryl methyl sites for hydroxylation is 1. The normalized spacial score (nSPS) is 10.0. The zero-order valence-electron chi connectivity index (χ0n) is 15.1. The SMILES string of the molecule is C#CCOc1cc(CNC(=O)CSCc2cccc(C)c2)ccc1OC. The van der Waals surface area contributed by atoms with Crippen LogP contribution in [-0.2, 0) is 17.1 Å². The fraction of sp³-hybridized carbons (Fsp3) is 0.286. The Morgan fingerprint density at radius 3 is 2.77 bits per heavy atom. The van der Waals surface area contributed by atoms with E-state index in [0.29, 0.717) is 23.8 Å².